The second-order valence-electron chi connectivity index (χ2n) is 5.50. The summed E-state index contributed by atoms with van der Waals surface area (Å²) in [5.74, 6) is 0.239. The molecule has 0 amide bonds. The van der Waals surface area contributed by atoms with E-state index in [9.17, 15) is 10.2 Å². The Balaban J connectivity index is 2.33. The fourth-order valence-corrected chi connectivity index (χ4v) is 1.51. The van der Waals surface area contributed by atoms with E-state index in [2.05, 4.69) is 10.1 Å². The van der Waals surface area contributed by atoms with Crippen LogP contribution >= 0.6 is 0 Å². The van der Waals surface area contributed by atoms with Gasteiger partial charge in [-0.15, -0.1) is 0 Å². The molecule has 1 heterocycles. The fourth-order valence-electron chi connectivity index (χ4n) is 1.51. The predicted octanol–water partition coefficient (Wildman–Crippen LogP) is 2.19. The van der Waals surface area contributed by atoms with E-state index in [1.54, 1.807) is 6.07 Å². The first-order valence-corrected chi connectivity index (χ1v) is 5.90. The highest BCUT2D eigenvalue weighted by atomic mass is 16.5. The average molecular weight is 263 g/mol. The second kappa shape index (κ2) is 4.55. The molecule has 1 aromatic carbocycles. The van der Waals surface area contributed by atoms with Crippen molar-refractivity contribution in [1.29, 1.82) is 0 Å². The third kappa shape index (κ3) is 2.68. The van der Waals surface area contributed by atoms with Crippen molar-refractivity contribution in [2.75, 3.05) is 0 Å². The summed E-state index contributed by atoms with van der Waals surface area (Å²) in [5.41, 5.74) is 6.39. The topological polar surface area (TPSA) is 105 Å². The number of hydrogen-bond acceptors (Lipinski definition) is 6. The molecule has 19 heavy (non-hydrogen) atoms. The summed E-state index contributed by atoms with van der Waals surface area (Å²) < 4.78 is 5.15. The van der Waals surface area contributed by atoms with E-state index in [1.807, 2.05) is 20.8 Å². The highest BCUT2D eigenvalue weighted by Crippen LogP contribution is 2.32. The third-order valence-electron chi connectivity index (χ3n) is 2.87. The summed E-state index contributed by atoms with van der Waals surface area (Å²) >= 11 is 0. The van der Waals surface area contributed by atoms with Gasteiger partial charge in [-0.25, -0.2) is 0 Å². The highest BCUT2D eigenvalue weighted by Gasteiger charge is 2.27. The van der Waals surface area contributed by atoms with Gasteiger partial charge in [-0.05, 0) is 23.6 Å². The van der Waals surface area contributed by atoms with Gasteiger partial charge in [-0.1, -0.05) is 25.9 Å². The molecule has 1 aromatic heterocycles. The predicted molar refractivity (Wildman–Crippen MR) is 69.4 cm³/mol. The number of nitrogens with zero attached hydrogens (tertiary/aromatic N) is 2. The van der Waals surface area contributed by atoms with Crippen LogP contribution in [0.2, 0.25) is 0 Å². The van der Waals surface area contributed by atoms with Crippen LogP contribution in [0, 0.1) is 5.41 Å². The van der Waals surface area contributed by atoms with Crippen LogP contribution in [0.3, 0.4) is 0 Å². The Bertz CT molecular complexity index is 587. The SMILES string of the molecule is CC(C)(C)C(N)c1nc(-c2ccc(O)c(O)c2)no1. The molecule has 4 N–H and O–H groups in total. The zero-order valence-electron chi connectivity index (χ0n) is 11.1. The molecule has 0 aliphatic carbocycles. The Labute approximate surface area is 110 Å². The summed E-state index contributed by atoms with van der Waals surface area (Å²) in [6.07, 6.45) is 0. The van der Waals surface area contributed by atoms with Crippen LogP contribution in [0.1, 0.15) is 32.7 Å². The zero-order chi connectivity index (χ0) is 14.2. The van der Waals surface area contributed by atoms with Gasteiger partial charge in [0.1, 0.15) is 0 Å². The second-order valence-corrected chi connectivity index (χ2v) is 5.50. The molecule has 2 rings (SSSR count). The van der Waals surface area contributed by atoms with E-state index in [4.69, 9.17) is 10.3 Å². The van der Waals surface area contributed by atoms with Gasteiger partial charge < -0.3 is 20.5 Å². The average Bonchev–Trinajstić information content (AvgIpc) is 2.79. The largest absolute Gasteiger partial charge is 0.504 e. The van der Waals surface area contributed by atoms with Crippen LogP contribution in [0.25, 0.3) is 11.4 Å². The number of phenolic OH excluding ortho intramolecular Hbond substituents is 2. The Morgan fingerprint density at radius 1 is 1.21 bits per heavy atom. The number of benzene rings is 1. The van der Waals surface area contributed by atoms with Crippen LogP contribution in [0.5, 0.6) is 11.5 Å². The van der Waals surface area contributed by atoms with Crippen molar-refractivity contribution in [3.8, 4) is 22.9 Å². The van der Waals surface area contributed by atoms with Crippen LogP contribution < -0.4 is 5.73 Å². The lowest BCUT2D eigenvalue weighted by atomic mass is 9.87. The lowest BCUT2D eigenvalue weighted by Crippen LogP contribution is -2.26. The van der Waals surface area contributed by atoms with E-state index >= 15 is 0 Å². The summed E-state index contributed by atoms with van der Waals surface area (Å²) in [4.78, 5) is 4.22. The number of nitrogens with two attached hydrogens (primary N) is 1. The fraction of sp³-hybridized carbons (Fsp3) is 0.385. The van der Waals surface area contributed by atoms with Gasteiger partial charge in [0.05, 0.1) is 6.04 Å². The molecule has 6 heteroatoms. The summed E-state index contributed by atoms with van der Waals surface area (Å²) in [7, 11) is 0. The first-order chi connectivity index (χ1) is 8.79. The first-order valence-electron chi connectivity index (χ1n) is 5.90. The lowest BCUT2D eigenvalue weighted by Gasteiger charge is -2.23. The van der Waals surface area contributed by atoms with Crippen LogP contribution in [0.4, 0.5) is 0 Å². The van der Waals surface area contributed by atoms with Crippen molar-refractivity contribution in [3.05, 3.63) is 24.1 Å². The first kappa shape index (κ1) is 13.4. The van der Waals surface area contributed by atoms with Crippen molar-refractivity contribution in [3.63, 3.8) is 0 Å². The molecule has 0 saturated heterocycles. The van der Waals surface area contributed by atoms with Crippen LogP contribution in [-0.4, -0.2) is 20.4 Å². The number of aromatic hydroxyl groups is 2. The Morgan fingerprint density at radius 3 is 2.47 bits per heavy atom. The van der Waals surface area contributed by atoms with E-state index in [-0.39, 0.29) is 23.0 Å². The third-order valence-corrected chi connectivity index (χ3v) is 2.87. The Hall–Kier alpha value is -2.08. The maximum Gasteiger partial charge on any atom is 0.244 e. The van der Waals surface area contributed by atoms with Gasteiger partial charge in [0.15, 0.2) is 11.5 Å². The molecule has 0 spiro atoms. The monoisotopic (exact) mass is 263 g/mol. The molecule has 0 saturated carbocycles. The van der Waals surface area contributed by atoms with Crippen LogP contribution in [0.15, 0.2) is 22.7 Å². The Morgan fingerprint density at radius 2 is 1.89 bits per heavy atom. The van der Waals surface area contributed by atoms with E-state index in [1.165, 1.54) is 12.1 Å². The molecule has 0 radical (unpaired) electrons. The number of rotatable bonds is 2. The maximum absolute atomic E-state index is 9.45. The molecule has 6 nitrogen and oxygen atoms in total. The number of hydrogen-bond donors (Lipinski definition) is 3. The molecule has 0 bridgehead atoms. The molecule has 0 aliphatic rings. The number of aromatic nitrogens is 2. The van der Waals surface area contributed by atoms with Crippen molar-refractivity contribution < 1.29 is 14.7 Å². The van der Waals surface area contributed by atoms with Crippen molar-refractivity contribution in [1.82, 2.24) is 10.1 Å². The van der Waals surface area contributed by atoms with Crippen molar-refractivity contribution in [2.45, 2.75) is 26.8 Å². The summed E-state index contributed by atoms with van der Waals surface area (Å²) in [6, 6.07) is 3.95. The normalized spacial score (nSPS) is 13.5. The van der Waals surface area contributed by atoms with Gasteiger partial charge in [-0.2, -0.15) is 4.98 Å². The van der Waals surface area contributed by atoms with Gasteiger partial charge in [-0.3, -0.25) is 0 Å². The molecule has 1 atom stereocenters. The minimum Gasteiger partial charge on any atom is -0.504 e. The van der Waals surface area contributed by atoms with Gasteiger partial charge in [0.25, 0.3) is 0 Å². The van der Waals surface area contributed by atoms with Crippen LogP contribution in [-0.2, 0) is 0 Å². The summed E-state index contributed by atoms with van der Waals surface area (Å²) in [5, 5.41) is 22.5. The van der Waals surface area contributed by atoms with Crippen molar-refractivity contribution in [2.24, 2.45) is 11.1 Å². The smallest absolute Gasteiger partial charge is 0.244 e. The molecule has 0 fully saturated rings. The zero-order valence-corrected chi connectivity index (χ0v) is 11.1. The standard InChI is InChI=1S/C13H17N3O3/c1-13(2,3)10(14)12-15-11(16-19-12)7-4-5-8(17)9(18)6-7/h4-6,10,17-18H,14H2,1-3H3. The minimum absolute atomic E-state index is 0.194. The van der Waals surface area contributed by atoms with Gasteiger partial charge >= 0.3 is 0 Å². The molecule has 102 valence electrons. The molecule has 1 unspecified atom stereocenters. The number of phenols is 2. The van der Waals surface area contributed by atoms with Gasteiger partial charge in [0.2, 0.25) is 11.7 Å². The van der Waals surface area contributed by atoms with E-state index in [0.717, 1.165) is 0 Å². The molecule has 0 aliphatic heterocycles. The maximum atomic E-state index is 9.45. The van der Waals surface area contributed by atoms with Crippen molar-refractivity contribution >= 4 is 0 Å². The highest BCUT2D eigenvalue weighted by molar-refractivity contribution is 5.59. The van der Waals surface area contributed by atoms with Gasteiger partial charge in [0, 0.05) is 5.56 Å². The Kier molecular flexibility index (Phi) is 3.20. The van der Waals surface area contributed by atoms with E-state index in [0.29, 0.717) is 17.3 Å². The summed E-state index contributed by atoms with van der Waals surface area (Å²) in [6.45, 7) is 5.94. The molecular formula is C13H17N3O3. The van der Waals surface area contributed by atoms with E-state index < -0.39 is 0 Å². The quantitative estimate of drug-likeness (QED) is 0.717. The minimum atomic E-state index is -0.375. The molecule has 2 aromatic rings. The lowest BCUT2D eigenvalue weighted by molar-refractivity contribution is 0.253. The molecular weight excluding hydrogens is 246 g/mol.